The molecule has 0 amide bonds. The molecule has 0 aliphatic rings. The van der Waals surface area contributed by atoms with Gasteiger partial charge in [0.25, 0.3) is 0 Å². The maximum Gasteiger partial charge on any atom is 0.416 e. The van der Waals surface area contributed by atoms with Crippen molar-refractivity contribution in [1.82, 2.24) is 9.38 Å². The van der Waals surface area contributed by atoms with Gasteiger partial charge in [0.15, 0.2) is 0 Å². The van der Waals surface area contributed by atoms with Crippen molar-refractivity contribution in [3.8, 4) is 11.3 Å². The zero-order valence-corrected chi connectivity index (χ0v) is 13.1. The van der Waals surface area contributed by atoms with Crippen molar-refractivity contribution in [2.24, 2.45) is 0 Å². The second-order valence-corrected chi connectivity index (χ2v) is 6.59. The molecule has 0 radical (unpaired) electrons. The number of benzene rings is 1. The molecule has 1 aromatic carbocycles. The van der Waals surface area contributed by atoms with Gasteiger partial charge in [-0.3, -0.25) is 0 Å². The smallest absolute Gasteiger partial charge is 0.303 e. The fraction of sp³-hybridized carbons (Fsp3) is 0.278. The molecule has 2 aromatic heterocycles. The highest BCUT2D eigenvalue weighted by Crippen LogP contribution is 2.31. The van der Waals surface area contributed by atoms with Gasteiger partial charge in [0, 0.05) is 22.9 Å². The average Bonchev–Trinajstić information content (AvgIpc) is 2.89. The number of fused-ring (bicyclic) bond motifs is 1. The number of rotatable bonds is 1. The SMILES string of the molecule is CC(C)(C)c1cccc2nc(-c3ccc(C(F)(F)F)cc3)cn12. The summed E-state index contributed by atoms with van der Waals surface area (Å²) in [6.07, 6.45) is -2.45. The van der Waals surface area contributed by atoms with Gasteiger partial charge in [0.1, 0.15) is 5.65 Å². The minimum Gasteiger partial charge on any atom is -0.303 e. The van der Waals surface area contributed by atoms with E-state index in [-0.39, 0.29) is 5.41 Å². The first-order valence-corrected chi connectivity index (χ1v) is 7.32. The van der Waals surface area contributed by atoms with Crippen LogP contribution in [0, 0.1) is 0 Å². The van der Waals surface area contributed by atoms with Crippen LogP contribution in [0.5, 0.6) is 0 Å². The normalized spacial score (nSPS) is 12.8. The van der Waals surface area contributed by atoms with Crippen molar-refractivity contribution < 1.29 is 13.2 Å². The Balaban J connectivity index is 2.08. The molecule has 5 heteroatoms. The number of halogens is 3. The van der Waals surface area contributed by atoms with E-state index in [0.29, 0.717) is 11.3 Å². The quantitative estimate of drug-likeness (QED) is 0.594. The van der Waals surface area contributed by atoms with Gasteiger partial charge >= 0.3 is 6.18 Å². The summed E-state index contributed by atoms with van der Waals surface area (Å²) in [7, 11) is 0. The minimum atomic E-state index is -4.32. The average molecular weight is 318 g/mol. The summed E-state index contributed by atoms with van der Waals surface area (Å²) in [6.45, 7) is 6.33. The molecular formula is C18H17F3N2. The predicted molar refractivity (Wildman–Crippen MR) is 84.3 cm³/mol. The highest BCUT2D eigenvalue weighted by atomic mass is 19.4. The zero-order valence-electron chi connectivity index (χ0n) is 13.1. The van der Waals surface area contributed by atoms with Crippen LogP contribution in [0.25, 0.3) is 16.9 Å². The van der Waals surface area contributed by atoms with Gasteiger partial charge in [-0.25, -0.2) is 4.98 Å². The summed E-state index contributed by atoms with van der Waals surface area (Å²) in [5, 5.41) is 0. The van der Waals surface area contributed by atoms with E-state index in [1.54, 1.807) is 0 Å². The summed E-state index contributed by atoms with van der Waals surface area (Å²) in [5.41, 5.74) is 2.50. The van der Waals surface area contributed by atoms with E-state index in [9.17, 15) is 13.2 Å². The maximum absolute atomic E-state index is 12.7. The Bertz CT molecular complexity index is 837. The first-order valence-electron chi connectivity index (χ1n) is 7.32. The summed E-state index contributed by atoms with van der Waals surface area (Å²) in [6, 6.07) is 11.0. The molecule has 0 fully saturated rings. The third-order valence-corrected chi connectivity index (χ3v) is 3.77. The van der Waals surface area contributed by atoms with Gasteiger partial charge in [-0.15, -0.1) is 0 Å². The fourth-order valence-electron chi connectivity index (χ4n) is 2.59. The molecule has 3 aromatic rings. The number of hydrogen-bond acceptors (Lipinski definition) is 1. The van der Waals surface area contributed by atoms with Crippen molar-refractivity contribution in [2.45, 2.75) is 32.4 Å². The van der Waals surface area contributed by atoms with E-state index in [1.807, 2.05) is 28.8 Å². The lowest BCUT2D eigenvalue weighted by Crippen LogP contribution is -2.15. The summed E-state index contributed by atoms with van der Waals surface area (Å²) >= 11 is 0. The van der Waals surface area contributed by atoms with Crippen LogP contribution in [0.3, 0.4) is 0 Å². The molecule has 0 unspecified atom stereocenters. The summed E-state index contributed by atoms with van der Waals surface area (Å²) in [5.74, 6) is 0. The lowest BCUT2D eigenvalue weighted by molar-refractivity contribution is -0.137. The van der Waals surface area contributed by atoms with E-state index >= 15 is 0 Å². The number of nitrogens with zero attached hydrogens (tertiary/aromatic N) is 2. The Kier molecular flexibility index (Phi) is 3.47. The van der Waals surface area contributed by atoms with Crippen molar-refractivity contribution >= 4 is 5.65 Å². The van der Waals surface area contributed by atoms with Gasteiger partial charge in [-0.05, 0) is 24.3 Å². The van der Waals surface area contributed by atoms with Crippen molar-refractivity contribution in [2.75, 3.05) is 0 Å². The highest BCUT2D eigenvalue weighted by molar-refractivity contribution is 5.63. The van der Waals surface area contributed by atoms with Crippen molar-refractivity contribution in [1.29, 1.82) is 0 Å². The molecule has 23 heavy (non-hydrogen) atoms. The van der Waals surface area contributed by atoms with Crippen LogP contribution in [0.4, 0.5) is 13.2 Å². The minimum absolute atomic E-state index is 0.0579. The molecule has 0 spiro atoms. The van der Waals surface area contributed by atoms with E-state index in [1.165, 1.54) is 12.1 Å². The third kappa shape index (κ3) is 2.96. The standard InChI is InChI=1S/C18H17F3N2/c1-17(2,3)15-5-4-6-16-22-14(11-23(15)16)12-7-9-13(10-8-12)18(19,20)21/h4-11H,1-3H3. The van der Waals surface area contributed by atoms with E-state index < -0.39 is 11.7 Å². The van der Waals surface area contributed by atoms with E-state index in [2.05, 4.69) is 25.8 Å². The number of pyridine rings is 1. The van der Waals surface area contributed by atoms with Gasteiger partial charge in [-0.1, -0.05) is 39.0 Å². The molecule has 0 bridgehead atoms. The van der Waals surface area contributed by atoms with Crippen molar-refractivity contribution in [3.63, 3.8) is 0 Å². The molecule has 120 valence electrons. The van der Waals surface area contributed by atoms with E-state index in [4.69, 9.17) is 0 Å². The van der Waals surface area contributed by atoms with Crippen LogP contribution >= 0.6 is 0 Å². The molecule has 0 aliphatic heterocycles. The fourth-order valence-corrected chi connectivity index (χ4v) is 2.59. The zero-order chi connectivity index (χ0) is 16.8. The molecule has 3 rings (SSSR count). The van der Waals surface area contributed by atoms with Crippen LogP contribution in [0.1, 0.15) is 32.0 Å². The Morgan fingerprint density at radius 3 is 2.13 bits per heavy atom. The number of imidazole rings is 1. The molecule has 0 saturated carbocycles. The van der Waals surface area contributed by atoms with Crippen LogP contribution in [0.2, 0.25) is 0 Å². The molecule has 0 aliphatic carbocycles. The topological polar surface area (TPSA) is 17.3 Å². The van der Waals surface area contributed by atoms with E-state index in [0.717, 1.165) is 23.5 Å². The Morgan fingerprint density at radius 1 is 0.913 bits per heavy atom. The Labute approximate surface area is 132 Å². The number of hydrogen-bond donors (Lipinski definition) is 0. The second-order valence-electron chi connectivity index (χ2n) is 6.59. The second kappa shape index (κ2) is 5.11. The molecule has 2 heterocycles. The first kappa shape index (κ1) is 15.6. The first-order chi connectivity index (χ1) is 10.7. The maximum atomic E-state index is 12.7. The Morgan fingerprint density at radius 2 is 1.57 bits per heavy atom. The molecule has 0 atom stereocenters. The lowest BCUT2D eigenvalue weighted by atomic mass is 9.91. The van der Waals surface area contributed by atoms with Crippen LogP contribution in [-0.2, 0) is 11.6 Å². The Hall–Kier alpha value is -2.30. The molecular weight excluding hydrogens is 301 g/mol. The number of aromatic nitrogens is 2. The van der Waals surface area contributed by atoms with Crippen LogP contribution in [0.15, 0.2) is 48.7 Å². The molecule has 0 N–H and O–H groups in total. The predicted octanol–water partition coefficient (Wildman–Crippen LogP) is 5.32. The third-order valence-electron chi connectivity index (χ3n) is 3.77. The summed E-state index contributed by atoms with van der Waals surface area (Å²) < 4.78 is 40.0. The highest BCUT2D eigenvalue weighted by Gasteiger charge is 2.30. The van der Waals surface area contributed by atoms with Crippen LogP contribution < -0.4 is 0 Å². The summed E-state index contributed by atoms with van der Waals surface area (Å²) in [4.78, 5) is 4.53. The van der Waals surface area contributed by atoms with Gasteiger partial charge < -0.3 is 4.40 Å². The monoisotopic (exact) mass is 318 g/mol. The van der Waals surface area contributed by atoms with Gasteiger partial charge in [0.2, 0.25) is 0 Å². The van der Waals surface area contributed by atoms with Gasteiger partial charge in [0.05, 0.1) is 11.3 Å². The lowest BCUT2D eigenvalue weighted by Gasteiger charge is -2.20. The molecule has 0 saturated heterocycles. The largest absolute Gasteiger partial charge is 0.416 e. The number of alkyl halides is 3. The van der Waals surface area contributed by atoms with Crippen molar-refractivity contribution in [3.05, 3.63) is 59.9 Å². The van der Waals surface area contributed by atoms with Crippen LogP contribution in [-0.4, -0.2) is 9.38 Å². The molecule has 2 nitrogen and oxygen atoms in total. The van der Waals surface area contributed by atoms with Gasteiger partial charge in [-0.2, -0.15) is 13.2 Å².